The standard InChI is InChI=1S/C22H27NO3/c1-3-9-23-13-15-5-7-16(26-4-2)11-17(15)22-18-12-21(25)20(24)10-14(18)6-8-19(22)23/h5,7,10-12,19,22,24-25H,3-4,6,8-9,13H2,1-2H3/t19-,22-/m0/s1. The van der Waals surface area contributed by atoms with E-state index in [-0.39, 0.29) is 17.4 Å². The molecule has 0 bridgehead atoms. The largest absolute Gasteiger partial charge is 0.504 e. The number of rotatable bonds is 4. The average Bonchev–Trinajstić information content (AvgIpc) is 2.63. The summed E-state index contributed by atoms with van der Waals surface area (Å²) in [4.78, 5) is 2.58. The van der Waals surface area contributed by atoms with Crippen LogP contribution in [0.5, 0.6) is 17.2 Å². The van der Waals surface area contributed by atoms with Gasteiger partial charge in [-0.15, -0.1) is 0 Å². The fraction of sp³-hybridized carbons (Fsp3) is 0.455. The molecule has 2 aliphatic rings. The molecule has 2 N–H and O–H groups in total. The number of hydrogen-bond acceptors (Lipinski definition) is 4. The van der Waals surface area contributed by atoms with Gasteiger partial charge in [0.1, 0.15) is 5.75 Å². The predicted molar refractivity (Wildman–Crippen MR) is 102 cm³/mol. The van der Waals surface area contributed by atoms with Gasteiger partial charge in [-0.25, -0.2) is 0 Å². The SMILES string of the molecule is CCCN1Cc2ccc(OCC)cc2[C@H]2c3cc(O)c(O)cc3CC[C@@H]21. The number of benzene rings is 2. The molecule has 4 heteroatoms. The molecule has 138 valence electrons. The zero-order chi connectivity index (χ0) is 18.3. The lowest BCUT2D eigenvalue weighted by molar-refractivity contribution is 0.141. The summed E-state index contributed by atoms with van der Waals surface area (Å²) in [5, 5.41) is 20.1. The van der Waals surface area contributed by atoms with Gasteiger partial charge >= 0.3 is 0 Å². The van der Waals surface area contributed by atoms with Gasteiger partial charge in [0.25, 0.3) is 0 Å². The molecular weight excluding hydrogens is 326 g/mol. The molecule has 0 fully saturated rings. The van der Waals surface area contributed by atoms with Crippen LogP contribution >= 0.6 is 0 Å². The molecule has 0 radical (unpaired) electrons. The second-order valence-electron chi connectivity index (χ2n) is 7.39. The Morgan fingerprint density at radius 3 is 2.58 bits per heavy atom. The number of aryl methyl sites for hydroxylation is 1. The van der Waals surface area contributed by atoms with E-state index in [1.165, 1.54) is 11.1 Å². The maximum Gasteiger partial charge on any atom is 0.157 e. The molecule has 1 aliphatic carbocycles. The van der Waals surface area contributed by atoms with Crippen molar-refractivity contribution >= 4 is 0 Å². The highest BCUT2D eigenvalue weighted by Crippen LogP contribution is 2.47. The third-order valence-electron chi connectivity index (χ3n) is 5.78. The summed E-state index contributed by atoms with van der Waals surface area (Å²) >= 11 is 0. The quantitative estimate of drug-likeness (QED) is 0.810. The van der Waals surface area contributed by atoms with Crippen molar-refractivity contribution < 1.29 is 14.9 Å². The lowest BCUT2D eigenvalue weighted by atomic mass is 9.71. The van der Waals surface area contributed by atoms with Crippen LogP contribution in [0.1, 0.15) is 54.9 Å². The van der Waals surface area contributed by atoms with E-state index < -0.39 is 0 Å². The van der Waals surface area contributed by atoms with Crippen molar-refractivity contribution in [3.05, 3.63) is 52.6 Å². The molecule has 2 aromatic rings. The van der Waals surface area contributed by atoms with E-state index in [2.05, 4.69) is 30.0 Å². The summed E-state index contributed by atoms with van der Waals surface area (Å²) < 4.78 is 5.75. The summed E-state index contributed by atoms with van der Waals surface area (Å²) in [6.07, 6.45) is 3.13. The average molecular weight is 353 g/mol. The first-order valence-electron chi connectivity index (χ1n) is 9.66. The van der Waals surface area contributed by atoms with Gasteiger partial charge in [0.05, 0.1) is 6.61 Å². The summed E-state index contributed by atoms with van der Waals surface area (Å²) in [6.45, 7) is 6.93. The van der Waals surface area contributed by atoms with Gasteiger partial charge in [-0.2, -0.15) is 0 Å². The summed E-state index contributed by atoms with van der Waals surface area (Å²) in [5.74, 6) is 1.07. The van der Waals surface area contributed by atoms with Gasteiger partial charge in [0, 0.05) is 18.5 Å². The maximum atomic E-state index is 10.1. The molecule has 1 heterocycles. The molecule has 26 heavy (non-hydrogen) atoms. The lowest BCUT2D eigenvalue weighted by Crippen LogP contribution is -2.46. The zero-order valence-corrected chi connectivity index (χ0v) is 15.5. The van der Waals surface area contributed by atoms with Crippen molar-refractivity contribution in [3.8, 4) is 17.2 Å². The van der Waals surface area contributed by atoms with E-state index in [1.807, 2.05) is 6.92 Å². The normalized spacial score (nSPS) is 21.6. The molecular formula is C22H27NO3. The number of ether oxygens (including phenoxy) is 1. The first-order valence-corrected chi connectivity index (χ1v) is 9.66. The lowest BCUT2D eigenvalue weighted by Gasteiger charge is -2.46. The molecule has 4 nitrogen and oxygen atoms in total. The van der Waals surface area contributed by atoms with Crippen LogP contribution in [-0.4, -0.2) is 34.3 Å². The van der Waals surface area contributed by atoms with Crippen LogP contribution in [0.15, 0.2) is 30.3 Å². The van der Waals surface area contributed by atoms with Gasteiger partial charge in [-0.1, -0.05) is 13.0 Å². The topological polar surface area (TPSA) is 52.9 Å². The molecule has 2 aromatic carbocycles. The molecule has 1 aliphatic heterocycles. The summed E-state index contributed by atoms with van der Waals surface area (Å²) in [7, 11) is 0. The second kappa shape index (κ2) is 6.84. The highest BCUT2D eigenvalue weighted by atomic mass is 16.5. The molecule has 0 unspecified atom stereocenters. The number of nitrogens with zero attached hydrogens (tertiary/aromatic N) is 1. The zero-order valence-electron chi connectivity index (χ0n) is 15.5. The van der Waals surface area contributed by atoms with Gasteiger partial charge < -0.3 is 14.9 Å². The number of hydrogen-bond donors (Lipinski definition) is 2. The van der Waals surface area contributed by atoms with Crippen LogP contribution < -0.4 is 4.74 Å². The highest BCUT2D eigenvalue weighted by molar-refractivity contribution is 5.54. The van der Waals surface area contributed by atoms with Crippen LogP contribution in [0, 0.1) is 0 Å². The van der Waals surface area contributed by atoms with Gasteiger partial charge in [0.15, 0.2) is 11.5 Å². The second-order valence-corrected chi connectivity index (χ2v) is 7.39. The Morgan fingerprint density at radius 2 is 1.81 bits per heavy atom. The monoisotopic (exact) mass is 353 g/mol. The Hall–Kier alpha value is -2.20. The van der Waals surface area contributed by atoms with Crippen molar-refractivity contribution in [2.24, 2.45) is 0 Å². The van der Waals surface area contributed by atoms with E-state index in [4.69, 9.17) is 4.74 Å². The molecule has 0 saturated carbocycles. The van der Waals surface area contributed by atoms with Gasteiger partial charge in [-0.05, 0) is 79.3 Å². The molecule has 0 spiro atoms. The molecule has 4 rings (SSSR count). The van der Waals surface area contributed by atoms with E-state index in [1.54, 1.807) is 12.1 Å². The maximum absolute atomic E-state index is 10.1. The Balaban J connectivity index is 1.86. The minimum atomic E-state index is -0.0282. The van der Waals surface area contributed by atoms with Crippen LogP contribution in [0.3, 0.4) is 0 Å². The number of aromatic hydroxyl groups is 2. The number of phenolic OH excluding ortho intramolecular Hbond substituents is 2. The van der Waals surface area contributed by atoms with Crippen molar-refractivity contribution in [2.75, 3.05) is 13.2 Å². The Morgan fingerprint density at radius 1 is 1.04 bits per heavy atom. The number of phenols is 2. The van der Waals surface area contributed by atoms with E-state index in [0.717, 1.165) is 49.2 Å². The third-order valence-corrected chi connectivity index (χ3v) is 5.78. The fourth-order valence-electron chi connectivity index (χ4n) is 4.72. The van der Waals surface area contributed by atoms with E-state index in [9.17, 15) is 10.2 Å². The third kappa shape index (κ3) is 2.82. The molecule has 0 amide bonds. The van der Waals surface area contributed by atoms with Crippen molar-refractivity contribution in [3.63, 3.8) is 0 Å². The van der Waals surface area contributed by atoms with E-state index in [0.29, 0.717) is 12.6 Å². The Labute approximate surface area is 155 Å². The minimum absolute atomic E-state index is 0.0216. The predicted octanol–water partition coefficient (Wildman–Crippen LogP) is 4.17. The molecule has 0 aromatic heterocycles. The first-order chi connectivity index (χ1) is 12.6. The Kier molecular flexibility index (Phi) is 4.53. The Bertz CT molecular complexity index is 817. The fourth-order valence-corrected chi connectivity index (χ4v) is 4.72. The van der Waals surface area contributed by atoms with Crippen LogP contribution in [0.2, 0.25) is 0 Å². The molecule has 0 saturated heterocycles. The van der Waals surface area contributed by atoms with Crippen LogP contribution in [0.25, 0.3) is 0 Å². The summed E-state index contributed by atoms with van der Waals surface area (Å²) in [6, 6.07) is 10.4. The van der Waals surface area contributed by atoms with E-state index >= 15 is 0 Å². The first kappa shape index (κ1) is 17.2. The smallest absolute Gasteiger partial charge is 0.157 e. The van der Waals surface area contributed by atoms with Gasteiger partial charge in [0.2, 0.25) is 0 Å². The minimum Gasteiger partial charge on any atom is -0.504 e. The van der Waals surface area contributed by atoms with Crippen molar-refractivity contribution in [2.45, 2.75) is 51.6 Å². The number of fused-ring (bicyclic) bond motifs is 5. The van der Waals surface area contributed by atoms with Crippen LogP contribution in [0.4, 0.5) is 0 Å². The highest BCUT2D eigenvalue weighted by Gasteiger charge is 2.39. The summed E-state index contributed by atoms with van der Waals surface area (Å²) in [5.41, 5.74) is 4.93. The van der Waals surface area contributed by atoms with Crippen LogP contribution in [-0.2, 0) is 13.0 Å². The van der Waals surface area contributed by atoms with Crippen molar-refractivity contribution in [1.29, 1.82) is 0 Å². The van der Waals surface area contributed by atoms with Gasteiger partial charge in [-0.3, -0.25) is 4.90 Å². The molecule has 2 atom stereocenters. The van der Waals surface area contributed by atoms with Crippen molar-refractivity contribution in [1.82, 2.24) is 4.90 Å².